The minimum atomic E-state index is -3.59. The molecule has 0 heterocycles. The molecule has 5 nitrogen and oxygen atoms in total. The Morgan fingerprint density at radius 3 is 2.12 bits per heavy atom. The Morgan fingerprint density at radius 2 is 1.48 bits per heavy atom. The smallest absolute Gasteiger partial charge is 0.261 e. The van der Waals surface area contributed by atoms with Gasteiger partial charge in [0.05, 0.1) is 16.3 Å². The van der Waals surface area contributed by atoms with Gasteiger partial charge in [-0.2, -0.15) is 0 Å². The molecule has 0 aliphatic carbocycles. The van der Waals surface area contributed by atoms with Gasteiger partial charge in [-0.15, -0.1) is 0 Å². The third-order valence-corrected chi connectivity index (χ3v) is 5.37. The van der Waals surface area contributed by atoms with E-state index in [1.165, 1.54) is 0 Å². The molecule has 0 aliphatic heterocycles. The third-order valence-electron chi connectivity index (χ3n) is 3.48. The predicted molar refractivity (Wildman–Crippen MR) is 106 cm³/mol. The molecule has 0 saturated heterocycles. The second kappa shape index (κ2) is 7.16. The van der Waals surface area contributed by atoms with Crippen LogP contribution in [-0.4, -0.2) is 8.42 Å². The molecule has 0 radical (unpaired) electrons. The summed E-state index contributed by atoms with van der Waals surface area (Å²) in [5, 5.41) is 3.20. The van der Waals surface area contributed by atoms with E-state index in [4.69, 9.17) is 5.73 Å². The molecule has 0 aliphatic rings. The maximum atomic E-state index is 12.3. The monoisotopic (exact) mass is 417 g/mol. The summed E-state index contributed by atoms with van der Waals surface area (Å²) in [6.45, 7) is 0. The van der Waals surface area contributed by atoms with Gasteiger partial charge < -0.3 is 11.1 Å². The number of hydrogen-bond donors (Lipinski definition) is 3. The van der Waals surface area contributed by atoms with Gasteiger partial charge in [0.15, 0.2) is 0 Å². The van der Waals surface area contributed by atoms with Crippen molar-refractivity contribution >= 4 is 48.7 Å². The summed E-state index contributed by atoms with van der Waals surface area (Å²) in [5.74, 6) is 0. The Balaban J connectivity index is 1.74. The summed E-state index contributed by atoms with van der Waals surface area (Å²) in [5.41, 5.74) is 8.64. The summed E-state index contributed by atoms with van der Waals surface area (Å²) in [7, 11) is -3.59. The van der Waals surface area contributed by atoms with Crippen molar-refractivity contribution in [3.05, 3.63) is 77.3 Å². The van der Waals surface area contributed by atoms with E-state index in [1.807, 2.05) is 18.2 Å². The number of halogens is 1. The molecule has 0 fully saturated rings. The number of nitrogens with two attached hydrogens (primary N) is 1. The van der Waals surface area contributed by atoms with Crippen LogP contribution in [0.2, 0.25) is 0 Å². The van der Waals surface area contributed by atoms with Gasteiger partial charge >= 0.3 is 0 Å². The fourth-order valence-electron chi connectivity index (χ4n) is 2.24. The second-order valence-electron chi connectivity index (χ2n) is 5.35. The van der Waals surface area contributed by atoms with Crippen molar-refractivity contribution in [3.8, 4) is 0 Å². The molecule has 128 valence electrons. The lowest BCUT2D eigenvalue weighted by atomic mass is 10.2. The molecule has 4 N–H and O–H groups in total. The summed E-state index contributed by atoms with van der Waals surface area (Å²) in [4.78, 5) is 0.222. The Hall–Kier alpha value is -2.51. The normalized spacial score (nSPS) is 11.1. The zero-order chi connectivity index (χ0) is 17.9. The van der Waals surface area contributed by atoms with E-state index in [2.05, 4.69) is 26.0 Å². The highest BCUT2D eigenvalue weighted by atomic mass is 79.9. The highest BCUT2D eigenvalue weighted by Crippen LogP contribution is 2.27. The van der Waals surface area contributed by atoms with Gasteiger partial charge in [0.25, 0.3) is 10.0 Å². The van der Waals surface area contributed by atoms with E-state index in [0.717, 1.165) is 15.8 Å². The van der Waals surface area contributed by atoms with Crippen molar-refractivity contribution in [2.45, 2.75) is 4.90 Å². The SMILES string of the molecule is Nc1cc(Br)ccc1Nc1ccc(NS(=O)(=O)c2ccccc2)cc1. The zero-order valence-electron chi connectivity index (χ0n) is 13.1. The first-order valence-electron chi connectivity index (χ1n) is 7.44. The van der Waals surface area contributed by atoms with Crippen molar-refractivity contribution < 1.29 is 8.42 Å². The number of nitrogen functional groups attached to an aromatic ring is 1. The van der Waals surface area contributed by atoms with E-state index in [0.29, 0.717) is 11.4 Å². The van der Waals surface area contributed by atoms with Gasteiger partial charge in [-0.05, 0) is 54.6 Å². The van der Waals surface area contributed by atoms with Crippen molar-refractivity contribution in [2.24, 2.45) is 0 Å². The molecule has 0 unspecified atom stereocenters. The molecule has 0 bridgehead atoms. The number of nitrogens with one attached hydrogen (secondary N) is 2. The molecule has 0 spiro atoms. The first-order chi connectivity index (χ1) is 11.9. The Labute approximate surface area is 155 Å². The Bertz CT molecular complexity index is 975. The number of rotatable bonds is 5. The van der Waals surface area contributed by atoms with E-state index in [9.17, 15) is 8.42 Å². The van der Waals surface area contributed by atoms with Gasteiger partial charge in [0.2, 0.25) is 0 Å². The van der Waals surface area contributed by atoms with Crippen molar-refractivity contribution in [3.63, 3.8) is 0 Å². The van der Waals surface area contributed by atoms with Crippen molar-refractivity contribution in [1.82, 2.24) is 0 Å². The Kier molecular flexibility index (Phi) is 4.96. The molecule has 0 amide bonds. The fraction of sp³-hybridized carbons (Fsp3) is 0. The first-order valence-corrected chi connectivity index (χ1v) is 9.72. The summed E-state index contributed by atoms with van der Waals surface area (Å²) in [6, 6.07) is 20.8. The second-order valence-corrected chi connectivity index (χ2v) is 7.95. The highest BCUT2D eigenvalue weighted by molar-refractivity contribution is 9.10. The van der Waals surface area contributed by atoms with Gasteiger partial charge in [-0.3, -0.25) is 4.72 Å². The summed E-state index contributed by atoms with van der Waals surface area (Å²) >= 11 is 3.37. The zero-order valence-corrected chi connectivity index (χ0v) is 15.5. The van der Waals surface area contributed by atoms with Gasteiger partial charge in [0.1, 0.15) is 0 Å². The summed E-state index contributed by atoms with van der Waals surface area (Å²) < 4.78 is 28.1. The minimum Gasteiger partial charge on any atom is -0.397 e. The van der Waals surface area contributed by atoms with Crippen LogP contribution in [0.3, 0.4) is 0 Å². The van der Waals surface area contributed by atoms with Crippen LogP contribution in [-0.2, 0) is 10.0 Å². The van der Waals surface area contributed by atoms with Gasteiger partial charge in [-0.1, -0.05) is 34.1 Å². The Morgan fingerprint density at radius 1 is 0.840 bits per heavy atom. The van der Waals surface area contributed by atoms with Crippen LogP contribution >= 0.6 is 15.9 Å². The van der Waals surface area contributed by atoms with Crippen LogP contribution in [0, 0.1) is 0 Å². The van der Waals surface area contributed by atoms with Crippen LogP contribution in [0.1, 0.15) is 0 Å². The van der Waals surface area contributed by atoms with E-state index in [-0.39, 0.29) is 4.90 Å². The standard InChI is InChI=1S/C18H16BrN3O2S/c19-13-6-11-18(17(20)12-13)21-14-7-9-15(10-8-14)22-25(23,24)16-4-2-1-3-5-16/h1-12,21-22H,20H2. The maximum absolute atomic E-state index is 12.3. The lowest BCUT2D eigenvalue weighted by Crippen LogP contribution is -2.12. The van der Waals surface area contributed by atoms with Crippen LogP contribution < -0.4 is 15.8 Å². The molecule has 0 saturated carbocycles. The van der Waals surface area contributed by atoms with Crippen LogP contribution in [0.25, 0.3) is 0 Å². The first kappa shape index (κ1) is 17.3. The molecule has 25 heavy (non-hydrogen) atoms. The fourth-order valence-corrected chi connectivity index (χ4v) is 3.70. The number of sulfonamides is 1. The molecule has 3 rings (SSSR count). The van der Waals surface area contributed by atoms with Crippen molar-refractivity contribution in [2.75, 3.05) is 15.8 Å². The molecular formula is C18H16BrN3O2S. The van der Waals surface area contributed by atoms with Crippen LogP contribution in [0.5, 0.6) is 0 Å². The van der Waals surface area contributed by atoms with Gasteiger partial charge in [-0.25, -0.2) is 8.42 Å². The quantitative estimate of drug-likeness (QED) is 0.530. The van der Waals surface area contributed by atoms with Crippen LogP contribution in [0.4, 0.5) is 22.7 Å². The summed E-state index contributed by atoms with van der Waals surface area (Å²) in [6.07, 6.45) is 0. The highest BCUT2D eigenvalue weighted by Gasteiger charge is 2.13. The van der Waals surface area contributed by atoms with E-state index >= 15 is 0 Å². The minimum absolute atomic E-state index is 0.222. The largest absolute Gasteiger partial charge is 0.397 e. The van der Waals surface area contributed by atoms with Crippen LogP contribution in [0.15, 0.2) is 82.2 Å². The molecule has 7 heteroatoms. The lowest BCUT2D eigenvalue weighted by Gasteiger charge is -2.11. The number of hydrogen-bond acceptors (Lipinski definition) is 4. The molecule has 0 aromatic heterocycles. The number of anilines is 4. The number of benzene rings is 3. The van der Waals surface area contributed by atoms with Gasteiger partial charge in [0, 0.05) is 15.8 Å². The van der Waals surface area contributed by atoms with E-state index in [1.54, 1.807) is 54.6 Å². The molecule has 0 atom stereocenters. The van der Waals surface area contributed by atoms with Crippen molar-refractivity contribution in [1.29, 1.82) is 0 Å². The molecule has 3 aromatic carbocycles. The molecular weight excluding hydrogens is 402 g/mol. The lowest BCUT2D eigenvalue weighted by molar-refractivity contribution is 0.601. The maximum Gasteiger partial charge on any atom is 0.261 e. The average Bonchev–Trinajstić information content (AvgIpc) is 2.59. The third kappa shape index (κ3) is 4.32. The van der Waals surface area contributed by atoms with E-state index < -0.39 is 10.0 Å². The average molecular weight is 418 g/mol. The predicted octanol–water partition coefficient (Wildman–Crippen LogP) is 4.58. The topological polar surface area (TPSA) is 84.2 Å². The molecule has 3 aromatic rings.